The number of ether oxygens (including phenoxy) is 1. The van der Waals surface area contributed by atoms with Gasteiger partial charge in [-0.2, -0.15) is 0 Å². The first-order valence-corrected chi connectivity index (χ1v) is 7.27. The number of H-pyrrole nitrogens is 1. The fourth-order valence-electron chi connectivity index (χ4n) is 2.44. The largest absolute Gasteiger partial charge is 0.496 e. The Kier molecular flexibility index (Phi) is 4.38. The SMILES string of the molecule is COc1ccccc1[C@@H](NC(=O)c1ccc[nH]1)c1ccccn1. The second kappa shape index (κ2) is 6.79. The van der Waals surface area contributed by atoms with Gasteiger partial charge in [0.25, 0.3) is 5.91 Å². The lowest BCUT2D eigenvalue weighted by Crippen LogP contribution is -2.30. The van der Waals surface area contributed by atoms with Crippen LogP contribution < -0.4 is 10.1 Å². The molecular formula is C18H17N3O2. The molecule has 1 atom stereocenters. The molecule has 0 fully saturated rings. The summed E-state index contributed by atoms with van der Waals surface area (Å²) < 4.78 is 5.43. The predicted octanol–water partition coefficient (Wildman–Crippen LogP) is 2.94. The van der Waals surface area contributed by atoms with Gasteiger partial charge in [0.05, 0.1) is 12.8 Å². The minimum Gasteiger partial charge on any atom is -0.496 e. The van der Waals surface area contributed by atoms with Crippen molar-refractivity contribution < 1.29 is 9.53 Å². The summed E-state index contributed by atoms with van der Waals surface area (Å²) >= 11 is 0. The molecule has 0 aliphatic heterocycles. The van der Waals surface area contributed by atoms with Gasteiger partial charge in [-0.15, -0.1) is 0 Å². The van der Waals surface area contributed by atoms with E-state index in [1.165, 1.54) is 0 Å². The lowest BCUT2D eigenvalue weighted by atomic mass is 10.0. The summed E-state index contributed by atoms with van der Waals surface area (Å²) in [7, 11) is 1.61. The van der Waals surface area contributed by atoms with Crippen LogP contribution in [-0.4, -0.2) is 23.0 Å². The minimum absolute atomic E-state index is 0.198. The molecule has 5 nitrogen and oxygen atoms in total. The highest BCUT2D eigenvalue weighted by molar-refractivity contribution is 5.92. The topological polar surface area (TPSA) is 67.0 Å². The van der Waals surface area contributed by atoms with E-state index < -0.39 is 6.04 Å². The molecule has 0 saturated heterocycles. The number of rotatable bonds is 5. The molecule has 0 aliphatic rings. The summed E-state index contributed by atoms with van der Waals surface area (Å²) in [6.45, 7) is 0. The number of hydrogen-bond donors (Lipinski definition) is 2. The first kappa shape index (κ1) is 14.8. The van der Waals surface area contributed by atoms with Crippen LogP contribution in [0.5, 0.6) is 5.75 Å². The molecule has 2 N–H and O–H groups in total. The van der Waals surface area contributed by atoms with Crippen LogP contribution in [0, 0.1) is 0 Å². The van der Waals surface area contributed by atoms with E-state index in [1.54, 1.807) is 31.6 Å². The number of pyridine rings is 1. The molecule has 1 amide bonds. The van der Waals surface area contributed by atoms with Crippen molar-refractivity contribution >= 4 is 5.91 Å². The van der Waals surface area contributed by atoms with Crippen LogP contribution >= 0.6 is 0 Å². The Balaban J connectivity index is 1.99. The van der Waals surface area contributed by atoms with Crippen molar-refractivity contribution in [1.29, 1.82) is 0 Å². The maximum Gasteiger partial charge on any atom is 0.268 e. The molecule has 5 heteroatoms. The number of amides is 1. The van der Waals surface area contributed by atoms with Crippen molar-refractivity contribution in [3.63, 3.8) is 0 Å². The van der Waals surface area contributed by atoms with Gasteiger partial charge in [0.1, 0.15) is 17.5 Å². The van der Waals surface area contributed by atoms with E-state index in [0.717, 1.165) is 11.3 Å². The monoisotopic (exact) mass is 307 g/mol. The van der Waals surface area contributed by atoms with Gasteiger partial charge in [0.15, 0.2) is 0 Å². The average molecular weight is 307 g/mol. The smallest absolute Gasteiger partial charge is 0.268 e. The van der Waals surface area contributed by atoms with Crippen molar-refractivity contribution in [2.45, 2.75) is 6.04 Å². The van der Waals surface area contributed by atoms with Gasteiger partial charge >= 0.3 is 0 Å². The lowest BCUT2D eigenvalue weighted by Gasteiger charge is -2.20. The average Bonchev–Trinajstić information content (AvgIpc) is 3.15. The second-order valence-electron chi connectivity index (χ2n) is 4.99. The van der Waals surface area contributed by atoms with Crippen LogP contribution in [0.15, 0.2) is 67.0 Å². The van der Waals surface area contributed by atoms with E-state index in [-0.39, 0.29) is 5.91 Å². The number of benzene rings is 1. The summed E-state index contributed by atoms with van der Waals surface area (Å²) in [6.07, 6.45) is 3.42. The predicted molar refractivity (Wildman–Crippen MR) is 87.3 cm³/mol. The number of carbonyl (C=O) groups is 1. The van der Waals surface area contributed by atoms with Crippen LogP contribution in [0.4, 0.5) is 0 Å². The zero-order valence-electron chi connectivity index (χ0n) is 12.7. The van der Waals surface area contributed by atoms with E-state index in [0.29, 0.717) is 11.4 Å². The third-order valence-electron chi connectivity index (χ3n) is 3.55. The molecule has 116 valence electrons. The van der Waals surface area contributed by atoms with Crippen molar-refractivity contribution in [3.8, 4) is 5.75 Å². The lowest BCUT2D eigenvalue weighted by molar-refractivity contribution is 0.0937. The van der Waals surface area contributed by atoms with Crippen molar-refractivity contribution in [3.05, 3.63) is 83.9 Å². The highest BCUT2D eigenvalue weighted by Crippen LogP contribution is 2.29. The molecule has 0 spiro atoms. The molecule has 0 radical (unpaired) electrons. The summed E-state index contributed by atoms with van der Waals surface area (Å²) in [4.78, 5) is 19.7. The van der Waals surface area contributed by atoms with Crippen molar-refractivity contribution in [1.82, 2.24) is 15.3 Å². The Hall–Kier alpha value is -3.08. The first-order chi connectivity index (χ1) is 11.3. The number of carbonyl (C=O) groups excluding carboxylic acids is 1. The molecular weight excluding hydrogens is 290 g/mol. The van der Waals surface area contributed by atoms with Crippen molar-refractivity contribution in [2.24, 2.45) is 0 Å². The Bertz CT molecular complexity index is 770. The fourth-order valence-corrected chi connectivity index (χ4v) is 2.44. The molecule has 3 aromatic rings. The summed E-state index contributed by atoms with van der Waals surface area (Å²) in [6, 6.07) is 16.3. The Morgan fingerprint density at radius 1 is 1.13 bits per heavy atom. The van der Waals surface area contributed by atoms with Crippen LogP contribution in [0.2, 0.25) is 0 Å². The quantitative estimate of drug-likeness (QED) is 0.761. The first-order valence-electron chi connectivity index (χ1n) is 7.27. The second-order valence-corrected chi connectivity index (χ2v) is 4.99. The Morgan fingerprint density at radius 3 is 2.65 bits per heavy atom. The van der Waals surface area contributed by atoms with Crippen LogP contribution in [0.3, 0.4) is 0 Å². The highest BCUT2D eigenvalue weighted by atomic mass is 16.5. The van der Waals surface area contributed by atoms with Gasteiger partial charge in [-0.1, -0.05) is 24.3 Å². The molecule has 0 bridgehead atoms. The van der Waals surface area contributed by atoms with E-state index >= 15 is 0 Å². The molecule has 0 saturated carbocycles. The zero-order valence-corrected chi connectivity index (χ0v) is 12.7. The fraction of sp³-hybridized carbons (Fsp3) is 0.111. The van der Waals surface area contributed by atoms with Gasteiger partial charge in [0, 0.05) is 18.0 Å². The van der Waals surface area contributed by atoms with E-state index in [1.807, 2.05) is 42.5 Å². The van der Waals surface area contributed by atoms with E-state index in [9.17, 15) is 4.79 Å². The Morgan fingerprint density at radius 2 is 1.96 bits per heavy atom. The summed E-state index contributed by atoms with van der Waals surface area (Å²) in [5.74, 6) is 0.506. The highest BCUT2D eigenvalue weighted by Gasteiger charge is 2.22. The number of para-hydroxylation sites is 1. The third kappa shape index (κ3) is 3.23. The number of hydrogen-bond acceptors (Lipinski definition) is 3. The molecule has 2 aromatic heterocycles. The molecule has 3 rings (SSSR count). The molecule has 2 heterocycles. The van der Waals surface area contributed by atoms with Crippen molar-refractivity contribution in [2.75, 3.05) is 7.11 Å². The number of nitrogens with zero attached hydrogens (tertiary/aromatic N) is 1. The maximum absolute atomic E-state index is 12.5. The maximum atomic E-state index is 12.5. The van der Waals surface area contributed by atoms with E-state index in [4.69, 9.17) is 4.74 Å². The van der Waals surface area contributed by atoms with Gasteiger partial charge < -0.3 is 15.0 Å². The third-order valence-corrected chi connectivity index (χ3v) is 3.55. The summed E-state index contributed by atoms with van der Waals surface area (Å²) in [5.41, 5.74) is 2.10. The molecule has 23 heavy (non-hydrogen) atoms. The molecule has 1 aromatic carbocycles. The molecule has 0 aliphatic carbocycles. The number of aromatic nitrogens is 2. The Labute approximate surface area is 134 Å². The normalized spacial score (nSPS) is 11.7. The van der Waals surface area contributed by atoms with Crippen LogP contribution in [-0.2, 0) is 0 Å². The van der Waals surface area contributed by atoms with Gasteiger partial charge in [0.2, 0.25) is 0 Å². The van der Waals surface area contributed by atoms with Gasteiger partial charge in [-0.05, 0) is 30.3 Å². The zero-order chi connectivity index (χ0) is 16.1. The number of aromatic amines is 1. The number of nitrogens with one attached hydrogen (secondary N) is 2. The molecule has 0 unspecified atom stereocenters. The van der Waals surface area contributed by atoms with Crippen LogP contribution in [0.25, 0.3) is 0 Å². The van der Waals surface area contributed by atoms with Gasteiger partial charge in [-0.25, -0.2) is 0 Å². The number of methoxy groups -OCH3 is 1. The minimum atomic E-state index is -0.400. The standard InChI is InChI=1S/C18H17N3O2/c1-23-16-10-3-2-7-13(16)17(14-8-4-5-11-19-14)21-18(22)15-9-6-12-20-15/h2-12,17,20H,1H3,(H,21,22)/t17-/m1/s1. The van der Waals surface area contributed by atoms with Crippen LogP contribution in [0.1, 0.15) is 27.8 Å². The van der Waals surface area contributed by atoms with E-state index in [2.05, 4.69) is 15.3 Å². The summed E-state index contributed by atoms with van der Waals surface area (Å²) in [5, 5.41) is 3.01. The van der Waals surface area contributed by atoms with Gasteiger partial charge in [-0.3, -0.25) is 9.78 Å².